The van der Waals surface area contributed by atoms with Crippen molar-refractivity contribution in [2.24, 2.45) is 17.6 Å². The van der Waals surface area contributed by atoms with Gasteiger partial charge in [-0.2, -0.15) is 4.98 Å². The number of nitro groups is 1. The largest absolute Gasteiger partial charge is 0.444 e. The molecule has 0 atom stereocenters. The van der Waals surface area contributed by atoms with Crippen LogP contribution in [0.15, 0.2) is 48.7 Å². The zero-order chi connectivity index (χ0) is 34.1. The van der Waals surface area contributed by atoms with E-state index in [1.54, 1.807) is 7.05 Å². The number of anilines is 2. The molecule has 252 valence electrons. The molecule has 3 aromatic rings. The number of amides is 3. The number of rotatable bonds is 12. The van der Waals surface area contributed by atoms with E-state index in [4.69, 9.17) is 10.5 Å². The highest BCUT2D eigenvalue weighted by atomic mass is 16.6. The lowest BCUT2D eigenvalue weighted by Crippen LogP contribution is -2.36. The highest BCUT2D eigenvalue weighted by molar-refractivity contribution is 5.72. The lowest BCUT2D eigenvalue weighted by atomic mass is 9.82. The normalized spacial score (nSPS) is 16.2. The number of primary amides is 1. The second-order valence-corrected chi connectivity index (χ2v) is 13.2. The smallest absolute Gasteiger partial charge is 0.407 e. The van der Waals surface area contributed by atoms with Gasteiger partial charge in [-0.05, 0) is 99.1 Å². The van der Waals surface area contributed by atoms with Crippen molar-refractivity contribution in [2.45, 2.75) is 72.1 Å². The molecule has 13 nitrogen and oxygen atoms in total. The van der Waals surface area contributed by atoms with Crippen LogP contribution >= 0.6 is 0 Å². The van der Waals surface area contributed by atoms with Crippen molar-refractivity contribution in [1.82, 2.24) is 20.2 Å². The molecule has 0 bridgehead atoms. The fraction of sp³-hybridized carbons (Fsp3) is 0.471. The van der Waals surface area contributed by atoms with Crippen LogP contribution in [-0.4, -0.2) is 57.7 Å². The quantitative estimate of drug-likeness (QED) is 0.131. The first-order valence-electron chi connectivity index (χ1n) is 15.9. The summed E-state index contributed by atoms with van der Waals surface area (Å²) in [6.45, 7) is 9.51. The maximum Gasteiger partial charge on any atom is 0.407 e. The van der Waals surface area contributed by atoms with Gasteiger partial charge in [-0.25, -0.2) is 14.6 Å². The minimum absolute atomic E-state index is 0.175. The first-order chi connectivity index (χ1) is 22.3. The molecule has 5 N–H and O–H groups in total. The Labute approximate surface area is 275 Å². The summed E-state index contributed by atoms with van der Waals surface area (Å²) in [5.74, 6) is 1.18. The number of ether oxygens (including phenoxy) is 1. The van der Waals surface area contributed by atoms with Crippen molar-refractivity contribution < 1.29 is 19.2 Å². The number of nitrogens with one attached hydrogen (secondary N) is 3. The highest BCUT2D eigenvalue weighted by Gasteiger charge is 2.25. The molecule has 47 heavy (non-hydrogen) atoms. The van der Waals surface area contributed by atoms with Gasteiger partial charge in [0.15, 0.2) is 0 Å². The van der Waals surface area contributed by atoms with E-state index >= 15 is 0 Å². The topological polar surface area (TPSA) is 178 Å². The number of benzene rings is 2. The Kier molecular flexibility index (Phi) is 11.6. The molecule has 0 spiro atoms. The Balaban J connectivity index is 1.35. The molecule has 1 saturated carbocycles. The summed E-state index contributed by atoms with van der Waals surface area (Å²) in [7, 11) is 1.66. The number of urea groups is 1. The third-order valence-corrected chi connectivity index (χ3v) is 8.34. The van der Waals surface area contributed by atoms with Crippen molar-refractivity contribution >= 4 is 29.6 Å². The van der Waals surface area contributed by atoms with E-state index in [2.05, 4.69) is 25.9 Å². The summed E-state index contributed by atoms with van der Waals surface area (Å²) in [6, 6.07) is 13.5. The average molecular weight is 647 g/mol. The fourth-order valence-electron chi connectivity index (χ4n) is 5.70. The molecule has 0 radical (unpaired) electrons. The minimum atomic E-state index is -0.531. The third kappa shape index (κ3) is 10.3. The van der Waals surface area contributed by atoms with Crippen LogP contribution in [-0.2, 0) is 17.8 Å². The molecule has 0 unspecified atom stereocenters. The predicted octanol–water partition coefficient (Wildman–Crippen LogP) is 6.23. The molecule has 1 aliphatic rings. The number of alkyl carbamates (subject to hydrolysis) is 1. The van der Waals surface area contributed by atoms with Crippen molar-refractivity contribution in [3.05, 3.63) is 75.5 Å². The Morgan fingerprint density at radius 1 is 1.06 bits per heavy atom. The molecule has 1 fully saturated rings. The average Bonchev–Trinajstić information content (AvgIpc) is 3.02. The van der Waals surface area contributed by atoms with E-state index in [-0.39, 0.29) is 17.5 Å². The maximum atomic E-state index is 12.0. The first kappa shape index (κ1) is 34.9. The Bertz CT molecular complexity index is 1570. The molecular formula is C34H46N8O5. The van der Waals surface area contributed by atoms with Crippen LogP contribution in [0.25, 0.3) is 11.1 Å². The van der Waals surface area contributed by atoms with Crippen LogP contribution in [0.3, 0.4) is 0 Å². The number of carbonyl (C=O) groups is 2. The zero-order valence-corrected chi connectivity index (χ0v) is 27.8. The number of nitrogens with zero attached hydrogens (tertiary/aromatic N) is 4. The summed E-state index contributed by atoms with van der Waals surface area (Å²) in [4.78, 5) is 44.9. The molecule has 0 saturated heterocycles. The summed E-state index contributed by atoms with van der Waals surface area (Å²) < 4.78 is 5.32. The van der Waals surface area contributed by atoms with Crippen LogP contribution in [0.5, 0.6) is 0 Å². The van der Waals surface area contributed by atoms with E-state index in [9.17, 15) is 19.7 Å². The summed E-state index contributed by atoms with van der Waals surface area (Å²) >= 11 is 0. The van der Waals surface area contributed by atoms with E-state index in [1.165, 1.54) is 11.1 Å². The van der Waals surface area contributed by atoms with Crippen molar-refractivity contribution in [3.8, 4) is 11.1 Å². The van der Waals surface area contributed by atoms with Gasteiger partial charge in [0.1, 0.15) is 11.8 Å². The van der Waals surface area contributed by atoms with Crippen LogP contribution in [0.4, 0.5) is 27.0 Å². The third-order valence-electron chi connectivity index (χ3n) is 8.34. The van der Waals surface area contributed by atoms with Crippen LogP contribution in [0.1, 0.15) is 63.1 Å². The van der Waals surface area contributed by atoms with E-state index in [1.807, 2.05) is 70.2 Å². The second-order valence-electron chi connectivity index (χ2n) is 13.2. The summed E-state index contributed by atoms with van der Waals surface area (Å²) in [5, 5.41) is 21.1. The maximum absolute atomic E-state index is 12.0. The van der Waals surface area contributed by atoms with Crippen LogP contribution in [0.2, 0.25) is 0 Å². The molecular weight excluding hydrogens is 600 g/mol. The van der Waals surface area contributed by atoms with Gasteiger partial charge in [-0.15, -0.1) is 0 Å². The number of carbonyl (C=O) groups excluding carboxylic acids is 2. The minimum Gasteiger partial charge on any atom is -0.444 e. The number of nitrogens with two attached hydrogens (primary N) is 1. The van der Waals surface area contributed by atoms with Crippen LogP contribution in [0, 0.1) is 28.9 Å². The van der Waals surface area contributed by atoms with E-state index < -0.39 is 22.6 Å². The number of aromatic nitrogens is 2. The lowest BCUT2D eigenvalue weighted by molar-refractivity contribution is -0.384. The zero-order valence-electron chi connectivity index (χ0n) is 27.8. The van der Waals surface area contributed by atoms with Gasteiger partial charge >= 0.3 is 17.8 Å². The van der Waals surface area contributed by atoms with Gasteiger partial charge in [0, 0.05) is 33.2 Å². The van der Waals surface area contributed by atoms with Crippen LogP contribution < -0.4 is 21.7 Å². The van der Waals surface area contributed by atoms with Gasteiger partial charge in [-0.1, -0.05) is 36.4 Å². The lowest BCUT2D eigenvalue weighted by Gasteiger charge is -2.29. The number of hydrogen-bond acceptors (Lipinski definition) is 9. The van der Waals surface area contributed by atoms with Gasteiger partial charge in [0.05, 0.1) is 4.92 Å². The molecule has 1 aliphatic carbocycles. The van der Waals surface area contributed by atoms with Crippen molar-refractivity contribution in [3.63, 3.8) is 0 Å². The standard InChI is InChI=1S/C34H46N8O5/c1-22-27(10-7-11-28(22)26-9-6-8-25(16-26)21-41(5)31(35)43)19-37-32-38-20-29(42(45)46)30(40-32)36-17-23-12-14-24(15-13-23)18-39-33(44)47-34(2,3)4/h6-11,16,20,23-24H,12-15,17-19,21H2,1-5H3,(H2,35,43)(H,39,44)(H2,36,37,38,40). The van der Waals surface area contributed by atoms with E-state index in [0.29, 0.717) is 38.0 Å². The molecule has 4 rings (SSSR count). The van der Waals surface area contributed by atoms with Crippen molar-refractivity contribution in [1.29, 1.82) is 0 Å². The molecule has 3 amide bonds. The molecule has 0 aliphatic heterocycles. The van der Waals surface area contributed by atoms with E-state index in [0.717, 1.165) is 53.5 Å². The summed E-state index contributed by atoms with van der Waals surface area (Å²) in [6.07, 6.45) is 4.62. The SMILES string of the molecule is Cc1c(CNc2ncc([N+](=O)[O-])c(NCC3CCC(CNC(=O)OC(C)(C)C)CC3)n2)cccc1-c1cccc(CN(C)C(N)=O)c1. The van der Waals surface area contributed by atoms with Gasteiger partial charge in [-0.3, -0.25) is 10.1 Å². The van der Waals surface area contributed by atoms with Gasteiger partial charge < -0.3 is 31.3 Å². The van der Waals surface area contributed by atoms with Gasteiger partial charge in [0.2, 0.25) is 11.8 Å². The highest BCUT2D eigenvalue weighted by Crippen LogP contribution is 2.31. The second kappa shape index (κ2) is 15.6. The molecule has 1 aromatic heterocycles. The molecule has 2 aromatic carbocycles. The molecule has 1 heterocycles. The Morgan fingerprint density at radius 3 is 2.40 bits per heavy atom. The van der Waals surface area contributed by atoms with Gasteiger partial charge in [0.25, 0.3) is 0 Å². The van der Waals surface area contributed by atoms with Crippen molar-refractivity contribution in [2.75, 3.05) is 30.8 Å². The number of hydrogen-bond donors (Lipinski definition) is 4. The Hall–Kier alpha value is -4.94. The fourth-order valence-corrected chi connectivity index (χ4v) is 5.70. The summed E-state index contributed by atoms with van der Waals surface area (Å²) in [5.41, 5.74) is 9.82. The first-order valence-corrected chi connectivity index (χ1v) is 15.9. The monoisotopic (exact) mass is 646 g/mol. The predicted molar refractivity (Wildman–Crippen MR) is 182 cm³/mol. The molecule has 13 heteroatoms. The Morgan fingerprint density at radius 2 is 1.74 bits per heavy atom.